The van der Waals surface area contributed by atoms with E-state index in [4.69, 9.17) is 55.1 Å². The number of nitriles is 2. The fourth-order valence-corrected chi connectivity index (χ4v) is 17.6. The summed E-state index contributed by atoms with van der Waals surface area (Å²) in [7, 11) is 11.8. The van der Waals surface area contributed by atoms with Crippen molar-refractivity contribution in [2.24, 2.45) is 35.2 Å². The number of fused-ring (bicyclic) bond motifs is 7. The lowest BCUT2D eigenvalue weighted by Gasteiger charge is -2.15. The zero-order valence-corrected chi connectivity index (χ0v) is 86.4. The first-order valence-electron chi connectivity index (χ1n) is 48.1. The molecule has 736 valence electrons. The van der Waals surface area contributed by atoms with Crippen molar-refractivity contribution in [2.75, 3.05) is 25.2 Å². The van der Waals surface area contributed by atoms with Gasteiger partial charge in [0.05, 0.1) is 13.3 Å². The zero-order chi connectivity index (χ0) is 101. The smallest absolute Gasteiger partial charge is 0.238 e. The van der Waals surface area contributed by atoms with Gasteiger partial charge >= 0.3 is 0 Å². The molecule has 0 fully saturated rings. The summed E-state index contributed by atoms with van der Waals surface area (Å²) in [5.74, 6) is 9.24. The number of H-pyrrole nitrogens is 2. The molecule has 0 saturated carbocycles. The van der Waals surface area contributed by atoms with E-state index in [9.17, 15) is 5.11 Å². The summed E-state index contributed by atoms with van der Waals surface area (Å²) in [5.41, 5.74) is 38.8. The highest BCUT2D eigenvalue weighted by atomic mass is 16.5. The quantitative estimate of drug-likeness (QED) is 0.0295. The number of aryl methyl sites for hydroxylation is 11. The van der Waals surface area contributed by atoms with Gasteiger partial charge in [0, 0.05) is 155 Å². The van der Waals surface area contributed by atoms with Crippen LogP contribution in [-0.2, 0) is 59.8 Å². The number of hydrogen-bond acceptors (Lipinski definition) is 14. The van der Waals surface area contributed by atoms with E-state index in [1.165, 1.54) is 141 Å². The van der Waals surface area contributed by atoms with Gasteiger partial charge in [0.2, 0.25) is 11.7 Å². The molecule has 7 N–H and O–H groups in total. The Morgan fingerprint density at radius 1 is 0.397 bits per heavy atom. The van der Waals surface area contributed by atoms with Gasteiger partial charge in [0.25, 0.3) is 0 Å². The van der Waals surface area contributed by atoms with Crippen LogP contribution in [0.2, 0.25) is 0 Å². The third kappa shape index (κ3) is 26.0. The number of rotatable bonds is 23. The van der Waals surface area contributed by atoms with Gasteiger partial charge in [-0.3, -0.25) is 0 Å². The minimum Gasteiger partial charge on any atom is -0.508 e. The van der Waals surface area contributed by atoms with Crippen molar-refractivity contribution in [3.8, 4) is 58.1 Å². The molecule has 21 nitrogen and oxygen atoms in total. The molecule has 0 spiro atoms. The Labute approximate surface area is 832 Å². The summed E-state index contributed by atoms with van der Waals surface area (Å²) in [6.07, 6.45) is 17.4. The number of aromatic hydroxyl groups is 1. The molecule has 8 heterocycles. The Morgan fingerprint density at radius 2 is 0.738 bits per heavy atom. The van der Waals surface area contributed by atoms with Crippen molar-refractivity contribution < 1.29 is 38.3 Å². The largest absolute Gasteiger partial charge is 0.508 e. The van der Waals surface area contributed by atoms with Crippen LogP contribution in [0, 0.1) is 64.2 Å². The first kappa shape index (κ1) is 106. The second-order valence-corrected chi connectivity index (χ2v) is 38.4. The molecule has 0 aliphatic carbocycles. The Morgan fingerprint density at radius 3 is 1.12 bits per heavy atom. The van der Waals surface area contributed by atoms with Crippen molar-refractivity contribution in [1.29, 1.82) is 10.5 Å². The maximum absolute atomic E-state index is 9.90. The number of aromatic amines is 2. The first-order valence-corrected chi connectivity index (χ1v) is 48.1. The van der Waals surface area contributed by atoms with Crippen molar-refractivity contribution >= 4 is 88.1 Å². The average molecular weight is 1900 g/mol. The van der Waals surface area contributed by atoms with Crippen LogP contribution >= 0.6 is 0 Å². The number of aromatic nitrogens is 9. The molecule has 141 heavy (non-hydrogen) atoms. The van der Waals surface area contributed by atoms with Gasteiger partial charge in [-0.25, -0.2) is 4.98 Å². The van der Waals surface area contributed by atoms with Crippen molar-refractivity contribution in [3.05, 3.63) is 333 Å². The molecule has 18 rings (SSSR count). The molecule has 0 aliphatic heterocycles. The van der Waals surface area contributed by atoms with Crippen LogP contribution < -0.4 is 39.9 Å². The minimum absolute atomic E-state index is 0. The van der Waals surface area contributed by atoms with Crippen LogP contribution in [0.25, 0.3) is 76.3 Å². The minimum atomic E-state index is 0. The van der Waals surface area contributed by atoms with Crippen LogP contribution in [0.5, 0.6) is 46.0 Å². The highest BCUT2D eigenvalue weighted by Crippen LogP contribution is 2.43. The molecule has 0 atom stereocenters. The monoisotopic (exact) mass is 1890 g/mol. The van der Waals surface area contributed by atoms with Crippen LogP contribution in [0.15, 0.2) is 244 Å². The van der Waals surface area contributed by atoms with Crippen molar-refractivity contribution in [3.63, 3.8) is 0 Å². The summed E-state index contributed by atoms with van der Waals surface area (Å²) in [4.78, 5) is 14.5. The lowest BCUT2D eigenvalue weighted by molar-refractivity contribution is 0.302. The van der Waals surface area contributed by atoms with Gasteiger partial charge < -0.3 is 82.5 Å². The van der Waals surface area contributed by atoms with Gasteiger partial charge in [-0.15, -0.1) is 0 Å². The van der Waals surface area contributed by atoms with E-state index in [-0.39, 0.29) is 31.6 Å². The van der Waals surface area contributed by atoms with E-state index in [2.05, 4.69) is 348 Å². The average Bonchev–Trinajstić information content (AvgIpc) is 1.66. The first-order chi connectivity index (χ1) is 66.8. The number of benzene rings is 10. The second kappa shape index (κ2) is 47.9. The fraction of sp³-hybridized carbons (Fsp3) is 0.317. The van der Waals surface area contributed by atoms with Gasteiger partial charge in [-0.05, 0) is 263 Å². The summed E-state index contributed by atoms with van der Waals surface area (Å²) in [6.45, 7) is 44.6. The topological polar surface area (TPSA) is 266 Å². The van der Waals surface area contributed by atoms with Crippen LogP contribution in [0.4, 0.5) is 11.8 Å². The third-order valence-electron chi connectivity index (χ3n) is 25.3. The number of hydrogen-bond donors (Lipinski definition) is 5. The number of nitrogens with two attached hydrogens (primary N) is 2. The third-order valence-corrected chi connectivity index (χ3v) is 25.3. The van der Waals surface area contributed by atoms with E-state index < -0.39 is 0 Å². The molecule has 0 aliphatic rings. The molecule has 0 unspecified atom stereocenters. The molecule has 10 aromatic carbocycles. The molecular weight excluding hydrogens is 1750 g/mol. The van der Waals surface area contributed by atoms with E-state index in [0.717, 1.165) is 72.7 Å². The van der Waals surface area contributed by atoms with Gasteiger partial charge in [0.1, 0.15) is 78.5 Å². The van der Waals surface area contributed by atoms with Crippen LogP contribution in [0.3, 0.4) is 0 Å². The lowest BCUT2D eigenvalue weighted by Crippen LogP contribution is -2.02. The highest BCUT2D eigenvalue weighted by Gasteiger charge is 2.23. The van der Waals surface area contributed by atoms with E-state index >= 15 is 0 Å². The molecule has 0 amide bonds. The number of nitrogen functional groups attached to an aromatic ring is 2. The van der Waals surface area contributed by atoms with Crippen LogP contribution in [-0.4, -0.2) is 61.6 Å². The second-order valence-electron chi connectivity index (χ2n) is 38.4. The molecule has 18 aromatic rings. The van der Waals surface area contributed by atoms with E-state index in [0.29, 0.717) is 78.5 Å². The zero-order valence-electron chi connectivity index (χ0n) is 86.4. The Balaban J connectivity index is 0.000000158. The molecule has 8 aromatic heterocycles. The summed E-state index contributed by atoms with van der Waals surface area (Å²) in [5, 5.41) is 36.0. The fourth-order valence-electron chi connectivity index (χ4n) is 17.6. The molecule has 0 bridgehead atoms. The van der Waals surface area contributed by atoms with E-state index in [1.54, 1.807) is 0 Å². The predicted molar refractivity (Wildman–Crippen MR) is 582 cm³/mol. The number of nitrogens with one attached hydrogen (secondary N) is 2. The normalized spacial score (nSPS) is 11.2. The summed E-state index contributed by atoms with van der Waals surface area (Å²) < 4.78 is 51.1. The van der Waals surface area contributed by atoms with Gasteiger partial charge in [0.15, 0.2) is 18.2 Å². The predicted octanol–water partition coefficient (Wildman–Crippen LogP) is 30.1. The van der Waals surface area contributed by atoms with Gasteiger partial charge in [-0.2, -0.15) is 15.5 Å². The number of phenols is 1. The molecule has 0 radical (unpaired) electrons. The van der Waals surface area contributed by atoms with Gasteiger partial charge in [-0.1, -0.05) is 195 Å². The van der Waals surface area contributed by atoms with Crippen molar-refractivity contribution in [2.45, 2.75) is 207 Å². The maximum atomic E-state index is 9.90. The Hall–Kier alpha value is -15.2. The number of anilines is 2. The van der Waals surface area contributed by atoms with Crippen LogP contribution in [0.1, 0.15) is 235 Å². The molecule has 21 heteroatoms. The highest BCUT2D eigenvalue weighted by molar-refractivity contribution is 5.91. The maximum Gasteiger partial charge on any atom is 0.238 e. The number of ether oxygens (including phenoxy) is 7. The van der Waals surface area contributed by atoms with Crippen molar-refractivity contribution in [1.82, 2.24) is 42.8 Å². The Bertz CT molecular complexity index is 7420. The number of allylic oxidation sites excluding steroid dienone is 1. The Kier molecular flexibility index (Phi) is 36.1. The summed E-state index contributed by atoms with van der Waals surface area (Å²) >= 11 is 0. The number of phenolic OH excluding ortho intramolecular Hbond substituents is 1. The number of nitrogens with zero attached hydrogens (tertiary/aromatic N) is 9. The SMILES string of the molecule is C.CC(C)c1cc2[nH]ccc2cc1OCc1ccccc1.CO/C=C(\C#N)Oc1cc2c(C)cn(C)c2cc1C(C)C.Cc1c[nH]c2cc(C(C)C)c(OCc3ccccc3)cc12.Cc1cn(C)c2cc(C(C)C)c(O)cc12.Cc1cn(C)c2cc(C(C)C)c(OCC#N)cc12.Cc1cn(C)c2cc(C(C)C)c(OCc3ccccc3)cc12.Cc1cn(C)c2cc(C(C)C)c(Oc3cnc(N)nc3N)cc12. The lowest BCUT2D eigenvalue weighted by atomic mass is 10.00. The summed E-state index contributed by atoms with van der Waals surface area (Å²) in [6, 6.07) is 66.7. The van der Waals surface area contributed by atoms with E-state index in [1.807, 2.05) is 106 Å². The standard InChI is InChI=1S/C20H23NO.C19H21NO.C18H19NO.C17H21N5O.C17H20N2O2.C15H18N2O.C13H17NO.CH4/c1-14(2)17-10-19-18(15(3)12-21(19)4)11-20(17)22-13-16-8-6-5-7-9-16;1-13(2)16-9-18-17(14(3)11-20-18)10-19(16)21-12-15-7-5-4-6-8-15;1-13(2)16-11-17-15(8-9-19-17)10-18(16)20-12-14-6-4-3-5-7-14;1-9(2)11-5-13-12(10(3)8-22(13)4)6-14(11)23-15-7-20-17(19)21-16(15)18;1-11(2)14-6-16-15(12(3)9-19(16)4)7-17(14)21-13(8-18)10-20-5;1-10(2)12-7-14-13(11(3)9-17(14)4)8-15(12)18-6-5-16;1-8(2)10-5-12-11(6-13(10)15)9(3)7-14(12)4;/h5-12,14H,13H2,1-4H3;4-11,13,20H,12H2,1-3H3;3-11,13,19H,12H2,1-2H3;5-9H,1-4H3,(H4,18,19,20,21);6-7,9-11H,1-5H3;7-10H,6H2,1-4H3;5-8,15H,1-4H3;1H4/b;;;;13-10+;;;. The molecule has 0 saturated heterocycles. The number of methoxy groups -OCH3 is 1. The molecular formula is C120H143N13O8.